The fourth-order valence-corrected chi connectivity index (χ4v) is 2.93. The van der Waals surface area contributed by atoms with Gasteiger partial charge < -0.3 is 9.47 Å². The van der Waals surface area contributed by atoms with Gasteiger partial charge in [-0.1, -0.05) is 36.0 Å². The number of hydrogen-bond acceptors (Lipinski definition) is 4. The minimum Gasteiger partial charge on any atom is -0.493 e. The number of hydrazone groups is 1. The number of nitrogens with one attached hydrogen (secondary N) is 1. The third kappa shape index (κ3) is 3.16. The van der Waals surface area contributed by atoms with Gasteiger partial charge in [0.2, 0.25) is 0 Å². The van der Waals surface area contributed by atoms with Crippen LogP contribution >= 0.6 is 23.8 Å². The molecule has 1 aliphatic rings. The van der Waals surface area contributed by atoms with E-state index in [1.54, 1.807) is 14.2 Å². The Morgan fingerprint density at radius 2 is 1.87 bits per heavy atom. The molecule has 0 radical (unpaired) electrons. The highest BCUT2D eigenvalue weighted by molar-refractivity contribution is 7.80. The van der Waals surface area contributed by atoms with E-state index >= 15 is 0 Å². The first-order valence-electron chi connectivity index (χ1n) is 7.00. The first-order chi connectivity index (χ1) is 11.1. The van der Waals surface area contributed by atoms with Gasteiger partial charge in [0, 0.05) is 22.6 Å². The van der Waals surface area contributed by atoms with E-state index < -0.39 is 0 Å². The predicted octanol–water partition coefficient (Wildman–Crippen LogP) is 3.58. The number of fused-ring (bicyclic) bond motifs is 1. The van der Waals surface area contributed by atoms with E-state index in [-0.39, 0.29) is 0 Å². The first kappa shape index (κ1) is 15.8. The Morgan fingerprint density at radius 3 is 2.57 bits per heavy atom. The third-order valence-electron chi connectivity index (χ3n) is 3.61. The molecule has 3 rings (SSSR count). The molecule has 1 heterocycles. The lowest BCUT2D eigenvalue weighted by molar-refractivity contribution is 0.354. The molecule has 6 heteroatoms. The number of halogens is 1. The largest absolute Gasteiger partial charge is 0.493 e. The Hall–Kier alpha value is -2.11. The number of methoxy groups -OCH3 is 2. The molecule has 118 valence electrons. The van der Waals surface area contributed by atoms with Crippen LogP contribution in [0.5, 0.6) is 11.5 Å². The van der Waals surface area contributed by atoms with Gasteiger partial charge in [0.25, 0.3) is 0 Å². The predicted molar refractivity (Wildman–Crippen MR) is 96.1 cm³/mol. The second-order valence-corrected chi connectivity index (χ2v) is 5.98. The van der Waals surface area contributed by atoms with Crippen molar-refractivity contribution in [3.8, 4) is 11.5 Å². The van der Waals surface area contributed by atoms with Gasteiger partial charge >= 0.3 is 0 Å². The summed E-state index contributed by atoms with van der Waals surface area (Å²) in [5, 5.41) is 5.11. The number of rotatable bonds is 3. The summed E-state index contributed by atoms with van der Waals surface area (Å²) in [4.78, 5) is 0.649. The molecule has 0 atom stereocenters. The van der Waals surface area contributed by atoms with Gasteiger partial charge in [-0.3, -0.25) is 5.43 Å². The molecule has 1 N–H and O–H groups in total. The van der Waals surface area contributed by atoms with E-state index in [1.807, 2.05) is 36.4 Å². The van der Waals surface area contributed by atoms with E-state index in [0.29, 0.717) is 27.9 Å². The highest BCUT2D eigenvalue weighted by atomic mass is 35.5. The monoisotopic (exact) mass is 346 g/mol. The summed E-state index contributed by atoms with van der Waals surface area (Å²) in [5.74, 6) is 1.31. The van der Waals surface area contributed by atoms with Crippen LogP contribution in [0.3, 0.4) is 0 Å². The number of nitrogens with zero attached hydrogens (tertiary/aromatic N) is 1. The number of hydrogen-bond donors (Lipinski definition) is 1. The smallest absolute Gasteiger partial charge is 0.161 e. The fourth-order valence-electron chi connectivity index (χ4n) is 2.53. The van der Waals surface area contributed by atoms with Crippen molar-refractivity contribution in [1.82, 2.24) is 5.43 Å². The van der Waals surface area contributed by atoms with E-state index in [0.717, 1.165) is 22.4 Å². The summed E-state index contributed by atoms with van der Waals surface area (Å²) in [7, 11) is 3.23. The van der Waals surface area contributed by atoms with Crippen molar-refractivity contribution in [2.75, 3.05) is 14.2 Å². The van der Waals surface area contributed by atoms with Crippen LogP contribution in [0, 0.1) is 0 Å². The summed E-state index contributed by atoms with van der Waals surface area (Å²) in [6.07, 6.45) is 0.582. The quantitative estimate of drug-likeness (QED) is 0.863. The molecular formula is C17H15ClN2O2S. The molecule has 0 fully saturated rings. The zero-order valence-corrected chi connectivity index (χ0v) is 14.3. The van der Waals surface area contributed by atoms with Gasteiger partial charge in [-0.15, -0.1) is 0 Å². The van der Waals surface area contributed by atoms with Crippen LogP contribution in [0.25, 0.3) is 0 Å². The van der Waals surface area contributed by atoms with Gasteiger partial charge in [-0.25, -0.2) is 0 Å². The highest BCUT2D eigenvalue weighted by Crippen LogP contribution is 2.33. The molecule has 0 aromatic heterocycles. The molecule has 0 spiro atoms. The summed E-state index contributed by atoms with van der Waals surface area (Å²) in [5.41, 5.74) is 6.57. The topological polar surface area (TPSA) is 42.9 Å². The molecule has 2 aromatic carbocycles. The Bertz CT molecular complexity index is 805. The normalized spacial score (nSPS) is 13.5. The Labute approximate surface area is 145 Å². The average Bonchev–Trinajstić information content (AvgIpc) is 2.71. The van der Waals surface area contributed by atoms with Crippen molar-refractivity contribution in [3.63, 3.8) is 0 Å². The Kier molecular flexibility index (Phi) is 4.50. The maximum atomic E-state index is 6.12. The van der Waals surface area contributed by atoms with Crippen molar-refractivity contribution in [1.29, 1.82) is 0 Å². The molecular weight excluding hydrogens is 332 g/mol. The van der Waals surface area contributed by atoms with Crippen molar-refractivity contribution in [2.24, 2.45) is 5.10 Å². The van der Waals surface area contributed by atoms with E-state index in [1.165, 1.54) is 0 Å². The Balaban J connectivity index is 2.21. The Morgan fingerprint density at radius 1 is 1.13 bits per heavy atom. The fraction of sp³-hybridized carbons (Fsp3) is 0.176. The molecule has 0 saturated carbocycles. The van der Waals surface area contributed by atoms with Crippen LogP contribution in [0.4, 0.5) is 0 Å². The number of benzene rings is 2. The van der Waals surface area contributed by atoms with E-state index in [4.69, 9.17) is 33.3 Å². The van der Waals surface area contributed by atoms with Crippen LogP contribution < -0.4 is 14.9 Å². The molecule has 0 aliphatic carbocycles. The van der Waals surface area contributed by atoms with Gasteiger partial charge in [-0.2, -0.15) is 5.10 Å². The maximum Gasteiger partial charge on any atom is 0.161 e. The third-order valence-corrected chi connectivity index (χ3v) is 4.08. The molecule has 0 unspecified atom stereocenters. The van der Waals surface area contributed by atoms with Crippen molar-refractivity contribution >= 4 is 34.5 Å². The summed E-state index contributed by atoms with van der Waals surface area (Å²) in [6, 6.07) is 11.4. The molecule has 0 amide bonds. The zero-order chi connectivity index (χ0) is 16.4. The van der Waals surface area contributed by atoms with Crippen LogP contribution in [0.2, 0.25) is 5.02 Å². The van der Waals surface area contributed by atoms with Crippen molar-refractivity contribution < 1.29 is 9.47 Å². The minimum absolute atomic E-state index is 0.582. The van der Waals surface area contributed by atoms with Crippen LogP contribution in [0.15, 0.2) is 41.5 Å². The number of thiocarbonyl (C=S) groups is 1. The lowest BCUT2D eigenvalue weighted by atomic mass is 9.95. The standard InChI is InChI=1S/C17H15ClN2O2S/c1-21-14-7-11-8-16(23)19-20-17(13(11)9-15(14)22-2)10-4-3-5-12(18)6-10/h3-7,9H,8H2,1-2H3,(H,19,23). The second-order valence-electron chi connectivity index (χ2n) is 5.05. The van der Waals surface area contributed by atoms with E-state index in [2.05, 4.69) is 10.5 Å². The summed E-state index contributed by atoms with van der Waals surface area (Å²) < 4.78 is 10.8. The molecule has 2 aromatic rings. The molecule has 1 aliphatic heterocycles. The lowest BCUT2D eigenvalue weighted by Gasteiger charge is -2.14. The summed E-state index contributed by atoms with van der Waals surface area (Å²) >= 11 is 11.4. The molecule has 23 heavy (non-hydrogen) atoms. The van der Waals surface area contributed by atoms with Crippen molar-refractivity contribution in [3.05, 3.63) is 58.1 Å². The zero-order valence-electron chi connectivity index (χ0n) is 12.7. The van der Waals surface area contributed by atoms with Gasteiger partial charge in [0.15, 0.2) is 11.5 Å². The molecule has 4 nitrogen and oxygen atoms in total. The van der Waals surface area contributed by atoms with Gasteiger partial charge in [0.1, 0.15) is 4.99 Å². The maximum absolute atomic E-state index is 6.12. The van der Waals surface area contributed by atoms with Crippen LogP contribution in [0.1, 0.15) is 16.7 Å². The van der Waals surface area contributed by atoms with Gasteiger partial charge in [0.05, 0.1) is 19.9 Å². The van der Waals surface area contributed by atoms with Crippen LogP contribution in [-0.2, 0) is 6.42 Å². The van der Waals surface area contributed by atoms with E-state index in [9.17, 15) is 0 Å². The van der Waals surface area contributed by atoms with Gasteiger partial charge in [-0.05, 0) is 29.8 Å². The second kappa shape index (κ2) is 6.56. The highest BCUT2D eigenvalue weighted by Gasteiger charge is 2.20. The summed E-state index contributed by atoms with van der Waals surface area (Å²) in [6.45, 7) is 0. The lowest BCUT2D eigenvalue weighted by Crippen LogP contribution is -2.16. The number of ether oxygens (including phenoxy) is 2. The SMILES string of the molecule is COc1cc2c(cc1OC)C(c1cccc(Cl)c1)=NNC(=S)C2. The minimum atomic E-state index is 0.582. The first-order valence-corrected chi connectivity index (χ1v) is 7.78. The average molecular weight is 347 g/mol. The van der Waals surface area contributed by atoms with Crippen molar-refractivity contribution in [2.45, 2.75) is 6.42 Å². The van der Waals surface area contributed by atoms with Crippen LogP contribution in [-0.4, -0.2) is 24.9 Å². The molecule has 0 saturated heterocycles. The molecule has 0 bridgehead atoms.